The highest BCUT2D eigenvalue weighted by molar-refractivity contribution is 7.99. The van der Waals surface area contributed by atoms with Crippen LogP contribution in [0.4, 0.5) is 5.69 Å². The normalized spacial score (nSPS) is 11.1. The summed E-state index contributed by atoms with van der Waals surface area (Å²) < 4.78 is 1.56. The van der Waals surface area contributed by atoms with Crippen molar-refractivity contribution in [3.05, 3.63) is 91.1 Å². The number of halogens is 3. The summed E-state index contributed by atoms with van der Waals surface area (Å²) in [5.74, 6) is -0.355. The number of amides is 1. The summed E-state index contributed by atoms with van der Waals surface area (Å²) in [4.78, 5) is 30.8. The first-order valence-electron chi connectivity index (χ1n) is 9.92. The van der Waals surface area contributed by atoms with Gasteiger partial charge in [0, 0.05) is 5.02 Å². The Bertz CT molecular complexity index is 1430. The number of nitrogens with zero attached hydrogens (tertiary/aromatic N) is 2. The molecule has 1 heterocycles. The lowest BCUT2D eigenvalue weighted by atomic mass is 10.1. The molecule has 0 bridgehead atoms. The van der Waals surface area contributed by atoms with Crippen molar-refractivity contribution in [2.75, 3.05) is 11.1 Å². The van der Waals surface area contributed by atoms with Crippen LogP contribution >= 0.6 is 46.6 Å². The summed E-state index contributed by atoms with van der Waals surface area (Å²) in [6.45, 7) is 3.94. The maximum Gasteiger partial charge on any atom is 0.266 e. The molecule has 0 aliphatic heterocycles. The highest BCUT2D eigenvalue weighted by atomic mass is 35.5. The van der Waals surface area contributed by atoms with Crippen LogP contribution < -0.4 is 10.9 Å². The number of thioether (sulfide) groups is 1. The van der Waals surface area contributed by atoms with Gasteiger partial charge in [-0.2, -0.15) is 0 Å². The minimum absolute atomic E-state index is 0.00900. The number of nitrogens with one attached hydrogen (secondary N) is 1. The van der Waals surface area contributed by atoms with E-state index >= 15 is 0 Å². The second-order valence-electron chi connectivity index (χ2n) is 7.35. The summed E-state index contributed by atoms with van der Waals surface area (Å²) in [7, 11) is 0. The number of aryl methyl sites for hydroxylation is 1. The molecule has 0 radical (unpaired) electrons. The molecule has 9 heteroatoms. The Morgan fingerprint density at radius 3 is 2.45 bits per heavy atom. The van der Waals surface area contributed by atoms with Gasteiger partial charge >= 0.3 is 0 Å². The molecule has 0 unspecified atom stereocenters. The van der Waals surface area contributed by atoms with Gasteiger partial charge in [-0.3, -0.25) is 14.2 Å². The third-order valence-electron chi connectivity index (χ3n) is 5.17. The number of anilines is 1. The summed E-state index contributed by atoms with van der Waals surface area (Å²) in [5.41, 5.74) is 3.39. The molecule has 1 amide bonds. The van der Waals surface area contributed by atoms with Crippen molar-refractivity contribution in [3.8, 4) is 5.69 Å². The lowest BCUT2D eigenvalue weighted by Gasteiger charge is -2.16. The molecular formula is C24H18Cl3N3O2S. The monoisotopic (exact) mass is 517 g/mol. The zero-order valence-electron chi connectivity index (χ0n) is 17.7. The fourth-order valence-corrected chi connectivity index (χ4v) is 5.08. The van der Waals surface area contributed by atoms with E-state index in [9.17, 15) is 9.59 Å². The van der Waals surface area contributed by atoms with Crippen LogP contribution in [0.2, 0.25) is 15.1 Å². The first-order valence-corrected chi connectivity index (χ1v) is 12.0. The minimum Gasteiger partial charge on any atom is -0.323 e. The van der Waals surface area contributed by atoms with Crippen LogP contribution in [0.3, 0.4) is 0 Å². The van der Waals surface area contributed by atoms with Gasteiger partial charge in [0.1, 0.15) is 0 Å². The third kappa shape index (κ3) is 4.89. The second kappa shape index (κ2) is 9.77. The van der Waals surface area contributed by atoms with Crippen LogP contribution in [-0.2, 0) is 4.79 Å². The molecule has 0 atom stereocenters. The summed E-state index contributed by atoms with van der Waals surface area (Å²) >= 11 is 19.4. The molecule has 5 nitrogen and oxygen atoms in total. The van der Waals surface area contributed by atoms with Crippen molar-refractivity contribution in [2.45, 2.75) is 19.0 Å². The summed E-state index contributed by atoms with van der Waals surface area (Å²) in [5, 5.41) is 4.48. The van der Waals surface area contributed by atoms with Gasteiger partial charge in [0.05, 0.1) is 38.1 Å². The van der Waals surface area contributed by atoms with Gasteiger partial charge in [-0.15, -0.1) is 0 Å². The molecule has 0 aliphatic rings. The largest absolute Gasteiger partial charge is 0.323 e. The quantitative estimate of drug-likeness (QED) is 0.236. The predicted octanol–water partition coefficient (Wildman–Crippen LogP) is 6.69. The van der Waals surface area contributed by atoms with Crippen LogP contribution in [0, 0.1) is 13.8 Å². The van der Waals surface area contributed by atoms with Crippen molar-refractivity contribution in [2.24, 2.45) is 0 Å². The van der Waals surface area contributed by atoms with E-state index in [2.05, 4.69) is 10.3 Å². The third-order valence-corrected chi connectivity index (χ3v) is 6.92. The number of rotatable bonds is 5. The predicted molar refractivity (Wildman–Crippen MR) is 138 cm³/mol. The standard InChI is InChI=1S/C24H18Cl3N3O2S/c1-13-6-5-9-20(14(13)2)30-23(32)16-7-3-4-8-19(16)28-24(30)33-12-21(31)29-22-17(26)10-15(25)11-18(22)27/h3-11H,12H2,1-2H3,(H,29,31). The molecule has 33 heavy (non-hydrogen) atoms. The maximum absolute atomic E-state index is 13.4. The van der Waals surface area contributed by atoms with E-state index in [-0.39, 0.29) is 33.0 Å². The van der Waals surface area contributed by atoms with E-state index < -0.39 is 0 Å². The van der Waals surface area contributed by atoms with Crippen LogP contribution in [0.5, 0.6) is 0 Å². The lowest BCUT2D eigenvalue weighted by Crippen LogP contribution is -2.23. The van der Waals surface area contributed by atoms with Crippen molar-refractivity contribution < 1.29 is 4.79 Å². The van der Waals surface area contributed by atoms with Gasteiger partial charge in [0.15, 0.2) is 5.16 Å². The average molecular weight is 519 g/mol. The lowest BCUT2D eigenvalue weighted by molar-refractivity contribution is -0.113. The topological polar surface area (TPSA) is 64.0 Å². The summed E-state index contributed by atoms with van der Waals surface area (Å²) in [6, 6.07) is 15.9. The average Bonchev–Trinajstić information content (AvgIpc) is 2.77. The first-order chi connectivity index (χ1) is 15.8. The van der Waals surface area contributed by atoms with Crippen LogP contribution in [0.1, 0.15) is 11.1 Å². The van der Waals surface area contributed by atoms with Crippen molar-refractivity contribution in [1.29, 1.82) is 0 Å². The van der Waals surface area contributed by atoms with Crippen molar-refractivity contribution in [1.82, 2.24) is 9.55 Å². The van der Waals surface area contributed by atoms with Gasteiger partial charge in [-0.25, -0.2) is 4.98 Å². The van der Waals surface area contributed by atoms with Gasteiger partial charge in [-0.05, 0) is 55.3 Å². The van der Waals surface area contributed by atoms with E-state index in [1.54, 1.807) is 22.8 Å². The number of para-hydroxylation sites is 1. The number of hydrogen-bond acceptors (Lipinski definition) is 4. The number of aromatic nitrogens is 2. The highest BCUT2D eigenvalue weighted by Gasteiger charge is 2.18. The van der Waals surface area contributed by atoms with Gasteiger partial charge < -0.3 is 5.32 Å². The Balaban J connectivity index is 1.71. The number of hydrogen-bond donors (Lipinski definition) is 1. The second-order valence-corrected chi connectivity index (χ2v) is 9.55. The van der Waals surface area contributed by atoms with Crippen molar-refractivity contribution >= 4 is 69.1 Å². The number of benzene rings is 3. The first kappa shape index (κ1) is 23.6. The molecule has 3 aromatic carbocycles. The van der Waals surface area contributed by atoms with Crippen LogP contribution in [0.25, 0.3) is 16.6 Å². The van der Waals surface area contributed by atoms with Gasteiger partial charge in [-0.1, -0.05) is 70.8 Å². The van der Waals surface area contributed by atoms with E-state index in [4.69, 9.17) is 34.8 Å². The Labute approximate surface area is 209 Å². The van der Waals surface area contributed by atoms with Crippen molar-refractivity contribution in [3.63, 3.8) is 0 Å². The molecule has 4 rings (SSSR count). The Morgan fingerprint density at radius 2 is 1.73 bits per heavy atom. The molecule has 0 saturated carbocycles. The number of carbonyl (C=O) groups excluding carboxylic acids is 1. The van der Waals surface area contributed by atoms with E-state index in [1.165, 1.54) is 12.1 Å². The molecule has 0 fully saturated rings. The fourth-order valence-electron chi connectivity index (χ4n) is 3.37. The number of carbonyl (C=O) groups is 1. The summed E-state index contributed by atoms with van der Waals surface area (Å²) in [6.07, 6.45) is 0. The molecule has 168 valence electrons. The molecular weight excluding hydrogens is 501 g/mol. The van der Waals surface area contributed by atoms with E-state index in [0.29, 0.717) is 21.1 Å². The maximum atomic E-state index is 13.4. The van der Waals surface area contributed by atoms with E-state index in [1.807, 2.05) is 38.1 Å². The SMILES string of the molecule is Cc1cccc(-n2c(SCC(=O)Nc3c(Cl)cc(Cl)cc3Cl)nc3ccccc3c2=O)c1C. The number of fused-ring (bicyclic) bond motifs is 1. The Kier molecular flexibility index (Phi) is 7.00. The zero-order chi connectivity index (χ0) is 23.7. The van der Waals surface area contributed by atoms with E-state index in [0.717, 1.165) is 28.6 Å². The van der Waals surface area contributed by atoms with Gasteiger partial charge in [0.25, 0.3) is 5.56 Å². The molecule has 0 spiro atoms. The molecule has 1 aromatic heterocycles. The van der Waals surface area contributed by atoms with Crippen LogP contribution in [-0.4, -0.2) is 21.2 Å². The molecule has 0 aliphatic carbocycles. The molecule has 1 N–H and O–H groups in total. The highest BCUT2D eigenvalue weighted by Crippen LogP contribution is 2.34. The molecule has 4 aromatic rings. The Morgan fingerprint density at radius 1 is 1.03 bits per heavy atom. The van der Waals surface area contributed by atoms with Gasteiger partial charge in [0.2, 0.25) is 5.91 Å². The molecule has 0 saturated heterocycles. The minimum atomic E-state index is -0.346. The van der Waals surface area contributed by atoms with Crippen LogP contribution in [0.15, 0.2) is 64.5 Å². The fraction of sp³-hybridized carbons (Fsp3) is 0.125. The Hall–Kier alpha value is -2.51. The zero-order valence-corrected chi connectivity index (χ0v) is 20.7. The smallest absolute Gasteiger partial charge is 0.266 e.